The summed E-state index contributed by atoms with van der Waals surface area (Å²) >= 11 is 0. The minimum absolute atomic E-state index is 0.0860. The third-order valence-electron chi connectivity index (χ3n) is 6.63. The van der Waals surface area contributed by atoms with Crippen molar-refractivity contribution in [2.24, 2.45) is 5.92 Å². The molecule has 148 valence electrons. The van der Waals surface area contributed by atoms with Crippen LogP contribution < -0.4 is 0 Å². The summed E-state index contributed by atoms with van der Waals surface area (Å²) in [5.41, 5.74) is 2.07. The standard InChI is InChI=1S/C22H26N2O3S/c1-16-8-10-18(11-9-16)28(25,26)24-15-19-21(23(2)27-22(19)12-13-22)20(24)14-17-6-4-3-5-7-17/h3-11,19-21H,12-15H2,1-2H3/t19-,20-,21-/m0/s1. The van der Waals surface area contributed by atoms with E-state index < -0.39 is 10.0 Å². The number of likely N-dealkylation sites (N-methyl/N-ethyl adjacent to an activating group) is 1. The highest BCUT2D eigenvalue weighted by Gasteiger charge is 2.67. The van der Waals surface area contributed by atoms with Crippen LogP contribution in [0.3, 0.4) is 0 Å². The molecule has 2 aliphatic heterocycles. The van der Waals surface area contributed by atoms with Crippen molar-refractivity contribution < 1.29 is 13.3 Å². The SMILES string of the molecule is Cc1ccc(S(=O)(=O)N2C[C@H]3[C@@H]([C@@H]2Cc2ccccc2)N(C)OC32CC2)cc1. The molecule has 3 fully saturated rings. The lowest BCUT2D eigenvalue weighted by Gasteiger charge is -2.30. The second kappa shape index (κ2) is 6.39. The summed E-state index contributed by atoms with van der Waals surface area (Å²) in [4.78, 5) is 6.57. The van der Waals surface area contributed by atoms with Crippen LogP contribution in [0.4, 0.5) is 0 Å². The Bertz CT molecular complexity index is 971. The van der Waals surface area contributed by atoms with Crippen LogP contribution in [0.25, 0.3) is 0 Å². The van der Waals surface area contributed by atoms with E-state index >= 15 is 0 Å². The van der Waals surface area contributed by atoms with Crippen molar-refractivity contribution in [3.63, 3.8) is 0 Å². The Balaban J connectivity index is 1.54. The van der Waals surface area contributed by atoms with Crippen LogP contribution in [0.1, 0.15) is 24.0 Å². The van der Waals surface area contributed by atoms with Crippen LogP contribution in [-0.2, 0) is 21.3 Å². The van der Waals surface area contributed by atoms with Crippen molar-refractivity contribution in [2.75, 3.05) is 13.6 Å². The van der Waals surface area contributed by atoms with Crippen molar-refractivity contribution in [2.45, 2.75) is 48.8 Å². The van der Waals surface area contributed by atoms with Crippen molar-refractivity contribution >= 4 is 10.0 Å². The zero-order valence-electron chi connectivity index (χ0n) is 16.3. The lowest BCUT2D eigenvalue weighted by Crippen LogP contribution is -2.45. The molecule has 0 radical (unpaired) electrons. The maximum atomic E-state index is 13.6. The molecule has 1 spiro atoms. The van der Waals surface area contributed by atoms with E-state index in [4.69, 9.17) is 4.84 Å². The van der Waals surface area contributed by atoms with Gasteiger partial charge in [-0.1, -0.05) is 48.0 Å². The predicted octanol–water partition coefficient (Wildman–Crippen LogP) is 3.01. The van der Waals surface area contributed by atoms with Crippen LogP contribution in [-0.4, -0.2) is 49.1 Å². The second-order valence-electron chi connectivity index (χ2n) is 8.44. The van der Waals surface area contributed by atoms with Gasteiger partial charge in [0.2, 0.25) is 10.0 Å². The van der Waals surface area contributed by atoms with Gasteiger partial charge in [-0.2, -0.15) is 9.37 Å². The average molecular weight is 399 g/mol. The number of benzene rings is 2. The van der Waals surface area contributed by atoms with Crippen LogP contribution in [0.5, 0.6) is 0 Å². The van der Waals surface area contributed by atoms with Gasteiger partial charge in [0.1, 0.15) is 0 Å². The molecule has 6 heteroatoms. The molecule has 1 aliphatic carbocycles. The van der Waals surface area contributed by atoms with Crippen LogP contribution >= 0.6 is 0 Å². The summed E-state index contributed by atoms with van der Waals surface area (Å²) in [5, 5.41) is 1.94. The summed E-state index contributed by atoms with van der Waals surface area (Å²) in [7, 11) is -1.60. The fourth-order valence-electron chi connectivity index (χ4n) is 5.05. The van der Waals surface area contributed by atoms with E-state index in [0.29, 0.717) is 17.9 Å². The Morgan fingerprint density at radius 1 is 1.07 bits per heavy atom. The summed E-state index contributed by atoms with van der Waals surface area (Å²) in [6.45, 7) is 2.50. The first kappa shape index (κ1) is 18.3. The molecule has 3 aliphatic rings. The molecule has 28 heavy (non-hydrogen) atoms. The van der Waals surface area contributed by atoms with Gasteiger partial charge < -0.3 is 0 Å². The topological polar surface area (TPSA) is 49.9 Å². The molecular formula is C22H26N2O3S. The molecule has 5 nitrogen and oxygen atoms in total. The lowest BCUT2D eigenvalue weighted by atomic mass is 9.90. The number of aryl methyl sites for hydroxylation is 1. The number of rotatable bonds is 4. The molecule has 0 bridgehead atoms. The Morgan fingerprint density at radius 2 is 1.75 bits per heavy atom. The van der Waals surface area contributed by atoms with Gasteiger partial charge in [-0.25, -0.2) is 8.42 Å². The number of fused-ring (bicyclic) bond motifs is 2. The minimum Gasteiger partial charge on any atom is -0.292 e. The first-order valence-corrected chi connectivity index (χ1v) is 11.4. The van der Waals surface area contributed by atoms with Gasteiger partial charge in [0.05, 0.1) is 16.5 Å². The molecule has 1 saturated carbocycles. The van der Waals surface area contributed by atoms with Gasteiger partial charge in [-0.3, -0.25) is 4.84 Å². The van der Waals surface area contributed by atoms with Gasteiger partial charge in [-0.05, 0) is 43.9 Å². The number of nitrogens with zero attached hydrogens (tertiary/aromatic N) is 2. The number of sulfonamides is 1. The largest absolute Gasteiger partial charge is 0.292 e. The van der Waals surface area contributed by atoms with Crippen molar-refractivity contribution in [1.29, 1.82) is 0 Å². The molecule has 5 rings (SSSR count). The minimum atomic E-state index is -3.56. The molecule has 0 unspecified atom stereocenters. The molecule has 2 aromatic rings. The van der Waals surface area contributed by atoms with Crippen LogP contribution in [0.15, 0.2) is 59.5 Å². The van der Waals surface area contributed by atoms with E-state index in [9.17, 15) is 8.42 Å². The highest BCUT2D eigenvalue weighted by Crippen LogP contribution is 2.57. The molecule has 2 saturated heterocycles. The first-order chi connectivity index (χ1) is 13.4. The van der Waals surface area contributed by atoms with Crippen molar-refractivity contribution in [1.82, 2.24) is 9.37 Å². The predicted molar refractivity (Wildman–Crippen MR) is 107 cm³/mol. The maximum Gasteiger partial charge on any atom is 0.243 e. The molecule has 3 atom stereocenters. The Kier molecular flexibility index (Phi) is 4.18. The van der Waals surface area contributed by atoms with E-state index in [-0.39, 0.29) is 23.6 Å². The van der Waals surface area contributed by atoms with Crippen molar-refractivity contribution in [3.05, 3.63) is 65.7 Å². The van der Waals surface area contributed by atoms with E-state index in [1.807, 2.05) is 49.4 Å². The third kappa shape index (κ3) is 2.82. The van der Waals surface area contributed by atoms with Crippen LogP contribution in [0.2, 0.25) is 0 Å². The fourth-order valence-corrected chi connectivity index (χ4v) is 6.71. The van der Waals surface area contributed by atoms with E-state index in [2.05, 4.69) is 12.1 Å². The number of hydrogen-bond donors (Lipinski definition) is 0. The Labute approximate surface area is 166 Å². The molecule has 0 N–H and O–H groups in total. The Morgan fingerprint density at radius 3 is 2.39 bits per heavy atom. The fraction of sp³-hybridized carbons (Fsp3) is 0.455. The maximum absolute atomic E-state index is 13.6. The lowest BCUT2D eigenvalue weighted by molar-refractivity contribution is -0.163. The number of hydrogen-bond acceptors (Lipinski definition) is 4. The summed E-state index contributed by atoms with van der Waals surface area (Å²) in [5.74, 6) is 0.228. The van der Waals surface area contributed by atoms with Gasteiger partial charge in [-0.15, -0.1) is 0 Å². The third-order valence-corrected chi connectivity index (χ3v) is 8.54. The van der Waals surface area contributed by atoms with Gasteiger partial charge in [0, 0.05) is 25.6 Å². The normalized spacial score (nSPS) is 29.3. The zero-order chi connectivity index (χ0) is 19.5. The monoisotopic (exact) mass is 398 g/mol. The second-order valence-corrected chi connectivity index (χ2v) is 10.3. The van der Waals surface area contributed by atoms with Gasteiger partial charge in [0.15, 0.2) is 0 Å². The molecule has 2 heterocycles. The quantitative estimate of drug-likeness (QED) is 0.794. The zero-order valence-corrected chi connectivity index (χ0v) is 17.1. The van der Waals surface area contributed by atoms with Crippen molar-refractivity contribution in [3.8, 4) is 0 Å². The van der Waals surface area contributed by atoms with E-state index in [1.165, 1.54) is 0 Å². The summed E-state index contributed by atoms with van der Waals surface area (Å²) in [6, 6.07) is 17.3. The van der Waals surface area contributed by atoms with Gasteiger partial charge >= 0.3 is 0 Å². The van der Waals surface area contributed by atoms with E-state index in [1.54, 1.807) is 16.4 Å². The molecule has 0 amide bonds. The summed E-state index contributed by atoms with van der Waals surface area (Å²) in [6.07, 6.45) is 2.74. The molecular weight excluding hydrogens is 372 g/mol. The van der Waals surface area contributed by atoms with Crippen LogP contribution in [0, 0.1) is 12.8 Å². The average Bonchev–Trinajstić information content (AvgIpc) is 3.26. The molecule has 0 aromatic heterocycles. The summed E-state index contributed by atoms with van der Waals surface area (Å²) < 4.78 is 28.9. The van der Waals surface area contributed by atoms with E-state index in [0.717, 1.165) is 24.0 Å². The Hall–Kier alpha value is -1.73. The smallest absolute Gasteiger partial charge is 0.243 e. The highest BCUT2D eigenvalue weighted by atomic mass is 32.2. The number of hydroxylamine groups is 2. The first-order valence-electron chi connectivity index (χ1n) is 9.95. The van der Waals surface area contributed by atoms with Gasteiger partial charge in [0.25, 0.3) is 0 Å². The highest BCUT2D eigenvalue weighted by molar-refractivity contribution is 7.89. The molecule has 2 aromatic carbocycles.